The van der Waals surface area contributed by atoms with E-state index in [2.05, 4.69) is 42.7 Å². The van der Waals surface area contributed by atoms with Crippen molar-refractivity contribution in [3.8, 4) is 0 Å². The first-order chi connectivity index (χ1) is 10.4. The number of fused-ring (bicyclic) bond motifs is 3. The van der Waals surface area contributed by atoms with Crippen molar-refractivity contribution in [2.24, 2.45) is 0 Å². The predicted molar refractivity (Wildman–Crippen MR) is 90.8 cm³/mol. The van der Waals surface area contributed by atoms with E-state index in [9.17, 15) is 8.42 Å². The molecule has 1 unspecified atom stereocenters. The molecule has 0 spiro atoms. The molecule has 5 nitrogen and oxygen atoms in total. The van der Waals surface area contributed by atoms with Crippen LogP contribution in [0, 0.1) is 0 Å². The quantitative estimate of drug-likeness (QED) is 0.687. The van der Waals surface area contributed by atoms with Gasteiger partial charge in [0.1, 0.15) is 6.54 Å². The van der Waals surface area contributed by atoms with Crippen LogP contribution in [0.1, 0.15) is 31.7 Å². The Hall–Kier alpha value is -1.76. The monoisotopic (exact) mass is 335 g/mol. The molecule has 0 bridgehead atoms. The summed E-state index contributed by atoms with van der Waals surface area (Å²) < 4.78 is 32.9. The summed E-state index contributed by atoms with van der Waals surface area (Å²) in [6, 6.07) is 12.5. The molecule has 0 fully saturated rings. The lowest BCUT2D eigenvalue weighted by Crippen LogP contribution is -2.16. The lowest BCUT2D eigenvalue weighted by Gasteiger charge is -2.06. The molecule has 2 aromatic carbocycles. The zero-order valence-electron chi connectivity index (χ0n) is 13.2. The summed E-state index contributed by atoms with van der Waals surface area (Å²) in [6.07, 6.45) is 0.412. The molecule has 0 aromatic heterocycles. The molecule has 2 N–H and O–H groups in total. The minimum Gasteiger partial charge on any atom is -0.870 e. The van der Waals surface area contributed by atoms with Crippen LogP contribution in [0.5, 0.6) is 0 Å². The van der Waals surface area contributed by atoms with Gasteiger partial charge in [0.25, 0.3) is 10.1 Å². The average molecular weight is 335 g/mol. The van der Waals surface area contributed by atoms with Gasteiger partial charge < -0.3 is 5.48 Å². The Bertz CT molecular complexity index is 871. The second-order valence-corrected chi connectivity index (χ2v) is 7.45. The molecule has 1 aliphatic heterocycles. The highest BCUT2D eigenvalue weighted by atomic mass is 32.2. The minimum absolute atomic E-state index is 0. The van der Waals surface area contributed by atoms with Crippen molar-refractivity contribution in [2.45, 2.75) is 26.2 Å². The van der Waals surface area contributed by atoms with Gasteiger partial charge in [-0.15, -0.1) is 0 Å². The van der Waals surface area contributed by atoms with Crippen LogP contribution in [0.4, 0.5) is 5.69 Å². The fraction of sp³-hybridized carbons (Fsp3) is 0.353. The Kier molecular flexibility index (Phi) is 4.89. The number of nitrogens with zero attached hydrogens (tertiary/aromatic N) is 1. The summed E-state index contributed by atoms with van der Waals surface area (Å²) in [5.41, 5.74) is 3.68. The van der Waals surface area contributed by atoms with Crippen molar-refractivity contribution in [1.29, 1.82) is 0 Å². The van der Waals surface area contributed by atoms with Crippen LogP contribution in [0.2, 0.25) is 0 Å². The Balaban J connectivity index is 0.00000192. The molecule has 1 heterocycles. The van der Waals surface area contributed by atoms with E-state index in [1.165, 1.54) is 22.0 Å². The molecular weight excluding hydrogens is 314 g/mol. The molecule has 124 valence electrons. The number of hydrogen-bond acceptors (Lipinski definition) is 3. The van der Waals surface area contributed by atoms with Crippen LogP contribution < -0.4 is 0 Å². The number of hydrogen-bond donors (Lipinski definition) is 1. The maximum Gasteiger partial charge on any atom is 0.265 e. The van der Waals surface area contributed by atoms with Gasteiger partial charge in [0.05, 0.1) is 11.7 Å². The molecule has 1 atom stereocenters. The van der Waals surface area contributed by atoms with Crippen LogP contribution in [0.3, 0.4) is 0 Å². The number of rotatable bonds is 4. The average Bonchev–Trinajstić information content (AvgIpc) is 2.71. The molecule has 3 rings (SSSR count). The van der Waals surface area contributed by atoms with Crippen molar-refractivity contribution < 1.29 is 23.0 Å². The van der Waals surface area contributed by atoms with Gasteiger partial charge in [-0.05, 0) is 23.8 Å². The Labute approximate surface area is 136 Å². The highest BCUT2D eigenvalue weighted by molar-refractivity contribution is 7.85. The third kappa shape index (κ3) is 3.29. The first-order valence-corrected chi connectivity index (χ1v) is 9.07. The van der Waals surface area contributed by atoms with Gasteiger partial charge in [0.2, 0.25) is 5.69 Å². The molecule has 0 amide bonds. The van der Waals surface area contributed by atoms with Gasteiger partial charge >= 0.3 is 0 Å². The van der Waals surface area contributed by atoms with E-state index >= 15 is 0 Å². The van der Waals surface area contributed by atoms with E-state index < -0.39 is 10.1 Å². The molecule has 6 heteroatoms. The van der Waals surface area contributed by atoms with Gasteiger partial charge in [-0.3, -0.25) is 4.55 Å². The van der Waals surface area contributed by atoms with Crippen LogP contribution in [0.15, 0.2) is 36.4 Å². The molecule has 2 aromatic rings. The summed E-state index contributed by atoms with van der Waals surface area (Å²) in [5.74, 6) is 0.112. The van der Waals surface area contributed by atoms with E-state index in [0.717, 1.165) is 5.69 Å². The van der Waals surface area contributed by atoms with Gasteiger partial charge in [0, 0.05) is 25.0 Å². The minimum atomic E-state index is -3.89. The fourth-order valence-electron chi connectivity index (χ4n) is 3.31. The first kappa shape index (κ1) is 17.6. The van der Waals surface area contributed by atoms with Crippen molar-refractivity contribution in [1.82, 2.24) is 0 Å². The van der Waals surface area contributed by atoms with E-state index in [4.69, 9.17) is 4.55 Å². The third-order valence-corrected chi connectivity index (χ3v) is 5.31. The van der Waals surface area contributed by atoms with Crippen LogP contribution in [-0.4, -0.2) is 41.0 Å². The second kappa shape index (κ2) is 6.39. The van der Waals surface area contributed by atoms with Crippen LogP contribution in [-0.2, 0) is 10.1 Å². The smallest absolute Gasteiger partial charge is 0.265 e. The van der Waals surface area contributed by atoms with Gasteiger partial charge in [-0.1, -0.05) is 24.3 Å². The summed E-state index contributed by atoms with van der Waals surface area (Å²) in [6.45, 7) is 4.87. The maximum atomic E-state index is 10.9. The normalized spacial score (nSPS) is 17.3. The van der Waals surface area contributed by atoms with Crippen molar-refractivity contribution >= 4 is 32.3 Å². The summed E-state index contributed by atoms with van der Waals surface area (Å²) in [5, 5.41) is 2.48. The maximum absolute atomic E-state index is 10.9. The lowest BCUT2D eigenvalue weighted by molar-refractivity contribution is -0.438. The van der Waals surface area contributed by atoms with Crippen molar-refractivity contribution in [3.63, 3.8) is 0 Å². The lowest BCUT2D eigenvalue weighted by atomic mass is 9.93. The van der Waals surface area contributed by atoms with Crippen molar-refractivity contribution in [2.75, 3.05) is 12.3 Å². The van der Waals surface area contributed by atoms with Gasteiger partial charge in [-0.25, -0.2) is 0 Å². The molecule has 0 aliphatic carbocycles. The first-order valence-electron chi connectivity index (χ1n) is 7.46. The molecule has 0 saturated heterocycles. The zero-order chi connectivity index (χ0) is 15.9. The van der Waals surface area contributed by atoms with Crippen molar-refractivity contribution in [3.05, 3.63) is 42.0 Å². The highest BCUT2D eigenvalue weighted by Gasteiger charge is 2.34. The van der Waals surface area contributed by atoms with E-state index in [1.807, 2.05) is 12.1 Å². The fourth-order valence-corrected chi connectivity index (χ4v) is 3.80. The SMILES string of the molecule is CC1=[N+](CCCS(=O)(=O)O)c2ccc3ccccc3c2C1C.[OH-]. The molecule has 0 radical (unpaired) electrons. The van der Waals surface area contributed by atoms with Gasteiger partial charge in [0.15, 0.2) is 5.71 Å². The van der Waals surface area contributed by atoms with E-state index in [0.29, 0.717) is 18.9 Å². The second-order valence-electron chi connectivity index (χ2n) is 5.87. The Morgan fingerprint density at radius 2 is 1.87 bits per heavy atom. The third-order valence-electron chi connectivity index (χ3n) is 4.51. The number of benzene rings is 2. The topological polar surface area (TPSA) is 87.4 Å². The largest absolute Gasteiger partial charge is 0.870 e. The highest BCUT2D eigenvalue weighted by Crippen LogP contribution is 2.39. The van der Waals surface area contributed by atoms with Gasteiger partial charge in [-0.2, -0.15) is 13.0 Å². The van der Waals surface area contributed by atoms with E-state index in [1.54, 1.807) is 0 Å². The zero-order valence-corrected chi connectivity index (χ0v) is 14.0. The standard InChI is InChI=1S/C17H19NO3S.H2O/c1-12-13(2)18(10-5-11-22(19,20)21)16-9-8-14-6-3-4-7-15(14)17(12)16;/h3-4,6-9,12H,5,10-11H2,1-2H3;1H2. The van der Waals surface area contributed by atoms with Crippen LogP contribution in [0.25, 0.3) is 10.8 Å². The summed E-state index contributed by atoms with van der Waals surface area (Å²) in [4.78, 5) is 0. The molecule has 1 aliphatic rings. The molecule has 23 heavy (non-hydrogen) atoms. The van der Waals surface area contributed by atoms with E-state index in [-0.39, 0.29) is 11.2 Å². The molecular formula is C17H21NO4S. The predicted octanol–water partition coefficient (Wildman–Crippen LogP) is 3.16. The van der Waals surface area contributed by atoms with Crippen LogP contribution >= 0.6 is 0 Å². The molecule has 0 saturated carbocycles. The Morgan fingerprint density at radius 1 is 1.17 bits per heavy atom. The summed E-state index contributed by atoms with van der Waals surface area (Å²) >= 11 is 0. The Morgan fingerprint density at radius 3 is 2.57 bits per heavy atom. The summed E-state index contributed by atoms with van der Waals surface area (Å²) in [7, 11) is -3.89.